The van der Waals surface area contributed by atoms with E-state index in [2.05, 4.69) is 15.3 Å². The molecule has 0 aliphatic rings. The first-order valence-electron chi connectivity index (χ1n) is 8.60. The molecule has 0 aliphatic heterocycles. The predicted octanol–water partition coefficient (Wildman–Crippen LogP) is 4.50. The van der Waals surface area contributed by atoms with Crippen LogP contribution in [-0.4, -0.2) is 34.9 Å². The van der Waals surface area contributed by atoms with E-state index in [1.54, 1.807) is 19.1 Å². The quantitative estimate of drug-likeness (QED) is 0.535. The van der Waals surface area contributed by atoms with Crippen LogP contribution in [0, 0.1) is 6.92 Å². The van der Waals surface area contributed by atoms with Crippen LogP contribution in [0.1, 0.15) is 47.2 Å². The maximum Gasteiger partial charge on any atom is 0.422 e. The fourth-order valence-electron chi connectivity index (χ4n) is 2.42. The Labute approximate surface area is 166 Å². The Bertz CT molecular complexity index is 842. The van der Waals surface area contributed by atoms with Crippen molar-refractivity contribution < 1.29 is 22.7 Å². The van der Waals surface area contributed by atoms with Crippen LogP contribution in [0.5, 0.6) is 5.75 Å². The number of rotatable bonds is 7. The van der Waals surface area contributed by atoms with Crippen LogP contribution in [0.15, 0.2) is 29.3 Å². The Hall–Kier alpha value is -2.29. The third-order valence-corrected chi connectivity index (χ3v) is 4.45. The van der Waals surface area contributed by atoms with Gasteiger partial charge in [0.1, 0.15) is 16.6 Å². The van der Waals surface area contributed by atoms with Gasteiger partial charge in [-0.15, -0.1) is 11.8 Å². The molecule has 152 valence electrons. The first kappa shape index (κ1) is 22.0. The number of nitrogens with zero attached hydrogens (tertiary/aromatic N) is 2. The molecule has 2 rings (SSSR count). The van der Waals surface area contributed by atoms with Crippen molar-refractivity contribution in [3.8, 4) is 5.75 Å². The fraction of sp³-hybridized carbons (Fsp3) is 0.421. The van der Waals surface area contributed by atoms with Gasteiger partial charge in [-0.3, -0.25) is 4.79 Å². The van der Waals surface area contributed by atoms with Crippen molar-refractivity contribution in [2.24, 2.45) is 0 Å². The van der Waals surface area contributed by atoms with Crippen molar-refractivity contribution in [3.63, 3.8) is 0 Å². The molecule has 1 amide bonds. The average molecular weight is 413 g/mol. The largest absolute Gasteiger partial charge is 0.484 e. The molecule has 0 saturated heterocycles. The topological polar surface area (TPSA) is 64.1 Å². The Balaban J connectivity index is 2.10. The van der Waals surface area contributed by atoms with E-state index in [1.165, 1.54) is 23.9 Å². The zero-order valence-electron chi connectivity index (χ0n) is 16.1. The second-order valence-electron chi connectivity index (χ2n) is 6.44. The lowest BCUT2D eigenvalue weighted by Gasteiger charge is -2.14. The molecule has 9 heteroatoms. The molecule has 1 aromatic heterocycles. The minimum Gasteiger partial charge on any atom is -0.484 e. The molecule has 0 fully saturated rings. The minimum atomic E-state index is -4.40. The summed E-state index contributed by atoms with van der Waals surface area (Å²) in [5.41, 5.74) is 1.61. The highest BCUT2D eigenvalue weighted by Gasteiger charge is 2.28. The van der Waals surface area contributed by atoms with Crippen LogP contribution < -0.4 is 10.1 Å². The third-order valence-electron chi connectivity index (χ3n) is 3.76. The number of carbonyl (C=O) groups is 1. The Kier molecular flexibility index (Phi) is 7.29. The van der Waals surface area contributed by atoms with E-state index in [1.807, 2.05) is 20.1 Å². The molecule has 1 heterocycles. The molecule has 0 spiro atoms. The zero-order chi connectivity index (χ0) is 20.9. The first-order valence-corrected chi connectivity index (χ1v) is 9.82. The summed E-state index contributed by atoms with van der Waals surface area (Å²) in [5.74, 6) is 0.572. The first-order chi connectivity index (χ1) is 13.1. The molecule has 0 bridgehead atoms. The average Bonchev–Trinajstić information content (AvgIpc) is 2.63. The Morgan fingerprint density at radius 3 is 2.61 bits per heavy atom. The van der Waals surface area contributed by atoms with Gasteiger partial charge in [0.25, 0.3) is 5.91 Å². The summed E-state index contributed by atoms with van der Waals surface area (Å²) in [5, 5.41) is 3.36. The van der Waals surface area contributed by atoms with E-state index in [0.717, 1.165) is 0 Å². The highest BCUT2D eigenvalue weighted by atomic mass is 32.2. The molecule has 0 atom stereocenters. The highest BCUT2D eigenvalue weighted by Crippen LogP contribution is 2.23. The van der Waals surface area contributed by atoms with Crippen LogP contribution in [-0.2, 0) is 6.54 Å². The normalized spacial score (nSPS) is 11.6. The number of aromatic nitrogens is 2. The number of hydrogen-bond donors (Lipinski definition) is 1. The fourth-order valence-corrected chi connectivity index (χ4v) is 3.05. The third kappa shape index (κ3) is 6.12. The summed E-state index contributed by atoms with van der Waals surface area (Å²) in [6.45, 7) is 4.49. The van der Waals surface area contributed by atoms with Crippen molar-refractivity contribution >= 4 is 17.7 Å². The maximum absolute atomic E-state index is 12.7. The molecule has 28 heavy (non-hydrogen) atoms. The van der Waals surface area contributed by atoms with E-state index in [0.29, 0.717) is 27.7 Å². The summed E-state index contributed by atoms with van der Waals surface area (Å²) >= 11 is 1.36. The molecular formula is C19H22F3N3O2S. The SMILES string of the molecule is CSc1nc(C(C)C)nc(C)c1C(=O)NCc1cccc(OCC(F)(F)F)c1. The summed E-state index contributed by atoms with van der Waals surface area (Å²) in [4.78, 5) is 21.5. The smallest absolute Gasteiger partial charge is 0.422 e. The monoisotopic (exact) mass is 413 g/mol. The lowest BCUT2D eigenvalue weighted by molar-refractivity contribution is -0.153. The van der Waals surface area contributed by atoms with Crippen LogP contribution in [0.4, 0.5) is 13.2 Å². The lowest BCUT2D eigenvalue weighted by atomic mass is 10.1. The van der Waals surface area contributed by atoms with Gasteiger partial charge in [-0.2, -0.15) is 13.2 Å². The lowest BCUT2D eigenvalue weighted by Crippen LogP contribution is -2.25. The van der Waals surface area contributed by atoms with E-state index < -0.39 is 12.8 Å². The Morgan fingerprint density at radius 2 is 2.00 bits per heavy atom. The van der Waals surface area contributed by atoms with Crippen molar-refractivity contribution in [2.75, 3.05) is 12.9 Å². The number of amides is 1. The molecule has 5 nitrogen and oxygen atoms in total. The molecule has 2 aromatic rings. The number of hydrogen-bond acceptors (Lipinski definition) is 5. The van der Waals surface area contributed by atoms with Crippen molar-refractivity contribution in [3.05, 3.63) is 46.9 Å². The summed E-state index contributed by atoms with van der Waals surface area (Å²) in [6.07, 6.45) is -2.57. The van der Waals surface area contributed by atoms with E-state index >= 15 is 0 Å². The standard InChI is InChI=1S/C19H22F3N3O2S/c1-11(2)16-24-12(3)15(18(25-16)28-4)17(26)23-9-13-6-5-7-14(8-13)27-10-19(20,21)22/h5-8,11H,9-10H2,1-4H3,(H,23,26). The van der Waals surface area contributed by atoms with Gasteiger partial charge < -0.3 is 10.1 Å². The molecule has 0 unspecified atom stereocenters. The molecule has 0 saturated carbocycles. The van der Waals surface area contributed by atoms with Crippen molar-refractivity contribution in [2.45, 2.75) is 44.4 Å². The maximum atomic E-state index is 12.7. The van der Waals surface area contributed by atoms with E-state index in [-0.39, 0.29) is 24.1 Å². The second kappa shape index (κ2) is 9.27. The van der Waals surface area contributed by atoms with Gasteiger partial charge in [0.2, 0.25) is 0 Å². The van der Waals surface area contributed by atoms with Crippen LogP contribution >= 0.6 is 11.8 Å². The number of alkyl halides is 3. The van der Waals surface area contributed by atoms with Gasteiger partial charge >= 0.3 is 6.18 Å². The van der Waals surface area contributed by atoms with Crippen LogP contribution in [0.3, 0.4) is 0 Å². The molecule has 1 N–H and O–H groups in total. The van der Waals surface area contributed by atoms with E-state index in [4.69, 9.17) is 4.74 Å². The minimum absolute atomic E-state index is 0.0923. The molecule has 0 radical (unpaired) electrons. The highest BCUT2D eigenvalue weighted by molar-refractivity contribution is 7.98. The summed E-state index contributed by atoms with van der Waals surface area (Å²) in [7, 11) is 0. The number of halogens is 3. The van der Waals surface area contributed by atoms with Crippen molar-refractivity contribution in [1.82, 2.24) is 15.3 Å². The van der Waals surface area contributed by atoms with Crippen molar-refractivity contribution in [1.29, 1.82) is 0 Å². The van der Waals surface area contributed by atoms with Gasteiger partial charge in [0.15, 0.2) is 6.61 Å². The molecule has 1 aromatic carbocycles. The van der Waals surface area contributed by atoms with Gasteiger partial charge in [-0.25, -0.2) is 9.97 Å². The number of carbonyl (C=O) groups excluding carboxylic acids is 1. The number of benzene rings is 1. The summed E-state index contributed by atoms with van der Waals surface area (Å²) < 4.78 is 41.6. The van der Waals surface area contributed by atoms with Gasteiger partial charge in [0, 0.05) is 12.5 Å². The molecule has 0 aliphatic carbocycles. The molecular weight excluding hydrogens is 391 g/mol. The van der Waals surface area contributed by atoms with Gasteiger partial charge in [0.05, 0.1) is 11.3 Å². The number of ether oxygens (including phenoxy) is 1. The summed E-state index contributed by atoms with van der Waals surface area (Å²) in [6, 6.07) is 6.17. The number of nitrogens with one attached hydrogen (secondary N) is 1. The number of aryl methyl sites for hydroxylation is 1. The van der Waals surface area contributed by atoms with Gasteiger partial charge in [-0.05, 0) is 30.9 Å². The Morgan fingerprint density at radius 1 is 1.29 bits per heavy atom. The second-order valence-corrected chi connectivity index (χ2v) is 7.24. The number of thioether (sulfide) groups is 1. The van der Waals surface area contributed by atoms with Gasteiger partial charge in [-0.1, -0.05) is 26.0 Å². The van der Waals surface area contributed by atoms with Crippen LogP contribution in [0.2, 0.25) is 0 Å². The van der Waals surface area contributed by atoms with E-state index in [9.17, 15) is 18.0 Å². The zero-order valence-corrected chi connectivity index (χ0v) is 16.9. The van der Waals surface area contributed by atoms with Crippen LogP contribution in [0.25, 0.3) is 0 Å². The predicted molar refractivity (Wildman–Crippen MR) is 102 cm³/mol.